The zero-order valence-corrected chi connectivity index (χ0v) is 15.2. The number of nitrogens with zero attached hydrogens (tertiary/aromatic N) is 4. The van der Waals surface area contributed by atoms with Crippen LogP contribution in [0, 0.1) is 0 Å². The third-order valence-corrected chi connectivity index (χ3v) is 4.47. The van der Waals surface area contributed by atoms with Gasteiger partial charge in [0.2, 0.25) is 0 Å². The smallest absolute Gasteiger partial charge is 0.254 e. The van der Waals surface area contributed by atoms with Crippen LogP contribution in [0.1, 0.15) is 34.5 Å². The van der Waals surface area contributed by atoms with Crippen LogP contribution in [0.3, 0.4) is 0 Å². The van der Waals surface area contributed by atoms with Crippen LogP contribution in [0.4, 0.5) is 0 Å². The zero-order chi connectivity index (χ0) is 18.5. The number of hydrogen-bond donors (Lipinski definition) is 0. The number of ether oxygens (including phenoxy) is 1. The summed E-state index contributed by atoms with van der Waals surface area (Å²) in [5, 5.41) is 4.12. The molecule has 1 amide bonds. The van der Waals surface area contributed by atoms with E-state index in [0.717, 1.165) is 16.8 Å². The summed E-state index contributed by atoms with van der Waals surface area (Å²) in [6.07, 6.45) is 3.15. The third-order valence-electron chi connectivity index (χ3n) is 4.47. The molecular weight excluding hydrogens is 328 g/mol. The molecule has 0 saturated heterocycles. The van der Waals surface area contributed by atoms with E-state index in [1.165, 1.54) is 6.33 Å². The van der Waals surface area contributed by atoms with Crippen LogP contribution in [-0.2, 0) is 11.3 Å². The lowest BCUT2D eigenvalue weighted by Crippen LogP contribution is -2.29. The molecule has 1 aromatic heterocycles. The molecule has 0 radical (unpaired) electrons. The molecule has 0 saturated carbocycles. The molecule has 3 rings (SSSR count). The highest BCUT2D eigenvalue weighted by atomic mass is 16.5. The number of methoxy groups -OCH3 is 1. The van der Waals surface area contributed by atoms with Crippen molar-refractivity contribution in [2.24, 2.45) is 0 Å². The van der Waals surface area contributed by atoms with Gasteiger partial charge in [0.15, 0.2) is 0 Å². The minimum Gasteiger partial charge on any atom is -0.380 e. The molecule has 6 nitrogen and oxygen atoms in total. The number of carbonyl (C=O) groups is 1. The maximum absolute atomic E-state index is 12.8. The highest BCUT2D eigenvalue weighted by molar-refractivity contribution is 5.94. The summed E-state index contributed by atoms with van der Waals surface area (Å²) in [4.78, 5) is 18.5. The van der Waals surface area contributed by atoms with Gasteiger partial charge in [-0.2, -0.15) is 5.10 Å². The van der Waals surface area contributed by atoms with Crippen molar-refractivity contribution in [1.82, 2.24) is 19.7 Å². The largest absolute Gasteiger partial charge is 0.380 e. The topological polar surface area (TPSA) is 60.2 Å². The second kappa shape index (κ2) is 7.93. The fraction of sp³-hybridized carbons (Fsp3) is 0.250. The fourth-order valence-electron chi connectivity index (χ4n) is 2.76. The van der Waals surface area contributed by atoms with Crippen LogP contribution in [0.15, 0.2) is 61.2 Å². The van der Waals surface area contributed by atoms with Crippen LogP contribution in [0.5, 0.6) is 0 Å². The number of carbonyl (C=O) groups excluding carboxylic acids is 1. The Hall–Kier alpha value is -2.99. The van der Waals surface area contributed by atoms with Crippen molar-refractivity contribution in [3.05, 3.63) is 77.9 Å². The molecule has 0 fully saturated rings. The molecule has 0 N–H and O–H groups in total. The molecule has 1 atom stereocenters. The lowest BCUT2D eigenvalue weighted by atomic mass is 10.1. The van der Waals surface area contributed by atoms with Gasteiger partial charge in [-0.15, -0.1) is 0 Å². The molecule has 0 spiro atoms. The standard InChI is InChI=1S/C20H22N4O2/c1-15(17-8-10-19(11-9-17)24-14-21-13-22-24)23(2)20(25)18-6-4-16(5-7-18)12-26-3/h4-11,13-15H,12H2,1-3H3. The molecule has 2 aromatic carbocycles. The summed E-state index contributed by atoms with van der Waals surface area (Å²) in [6.45, 7) is 2.56. The van der Waals surface area contributed by atoms with Gasteiger partial charge in [-0.3, -0.25) is 4.79 Å². The lowest BCUT2D eigenvalue weighted by Gasteiger charge is -2.25. The summed E-state index contributed by atoms with van der Waals surface area (Å²) >= 11 is 0. The molecule has 1 heterocycles. The van der Waals surface area contributed by atoms with E-state index in [-0.39, 0.29) is 11.9 Å². The normalized spacial score (nSPS) is 12.0. The van der Waals surface area contributed by atoms with Crippen LogP contribution in [-0.4, -0.2) is 39.7 Å². The molecule has 0 bridgehead atoms. The maximum Gasteiger partial charge on any atom is 0.254 e. The first kappa shape index (κ1) is 17.8. The van der Waals surface area contributed by atoms with E-state index in [1.807, 2.05) is 62.5 Å². The van der Waals surface area contributed by atoms with Gasteiger partial charge in [0.05, 0.1) is 18.3 Å². The number of rotatable bonds is 6. The molecule has 134 valence electrons. The summed E-state index contributed by atoms with van der Waals surface area (Å²) in [7, 11) is 3.48. The van der Waals surface area contributed by atoms with Gasteiger partial charge in [-0.25, -0.2) is 9.67 Å². The van der Waals surface area contributed by atoms with Gasteiger partial charge < -0.3 is 9.64 Å². The molecule has 6 heteroatoms. The highest BCUT2D eigenvalue weighted by Gasteiger charge is 2.19. The molecular formula is C20H22N4O2. The first-order valence-electron chi connectivity index (χ1n) is 8.40. The Bertz CT molecular complexity index is 843. The van der Waals surface area contributed by atoms with E-state index in [1.54, 1.807) is 23.0 Å². The van der Waals surface area contributed by atoms with Gasteiger partial charge in [0.25, 0.3) is 5.91 Å². The average Bonchev–Trinajstić information content (AvgIpc) is 3.22. The predicted molar refractivity (Wildman–Crippen MR) is 99.0 cm³/mol. The Balaban J connectivity index is 1.72. The van der Waals surface area contributed by atoms with Crippen LogP contribution < -0.4 is 0 Å². The molecule has 3 aromatic rings. The Kier molecular flexibility index (Phi) is 5.43. The van der Waals surface area contributed by atoms with Gasteiger partial charge in [-0.1, -0.05) is 24.3 Å². The van der Waals surface area contributed by atoms with Crippen molar-refractivity contribution < 1.29 is 9.53 Å². The quantitative estimate of drug-likeness (QED) is 0.685. The van der Waals surface area contributed by atoms with Crippen LogP contribution in [0.2, 0.25) is 0 Å². The van der Waals surface area contributed by atoms with Crippen LogP contribution in [0.25, 0.3) is 5.69 Å². The SMILES string of the molecule is COCc1ccc(C(=O)N(C)C(C)c2ccc(-n3cncn3)cc2)cc1. The Labute approximate surface area is 153 Å². The fourth-order valence-corrected chi connectivity index (χ4v) is 2.76. The Morgan fingerprint density at radius 3 is 2.42 bits per heavy atom. The molecule has 0 aliphatic heterocycles. The van der Waals surface area contributed by atoms with Gasteiger partial charge in [0, 0.05) is 19.7 Å². The van der Waals surface area contributed by atoms with Crippen molar-refractivity contribution in [3.63, 3.8) is 0 Å². The molecule has 0 aliphatic rings. The zero-order valence-electron chi connectivity index (χ0n) is 15.2. The van der Waals surface area contributed by atoms with Gasteiger partial charge in [-0.05, 0) is 42.3 Å². The van der Waals surface area contributed by atoms with E-state index in [4.69, 9.17) is 4.74 Å². The minimum absolute atomic E-state index is 0.0122. The monoisotopic (exact) mass is 350 g/mol. The molecule has 26 heavy (non-hydrogen) atoms. The van der Waals surface area contributed by atoms with E-state index in [2.05, 4.69) is 10.1 Å². The van der Waals surface area contributed by atoms with E-state index >= 15 is 0 Å². The Morgan fingerprint density at radius 1 is 1.15 bits per heavy atom. The van der Waals surface area contributed by atoms with Gasteiger partial charge >= 0.3 is 0 Å². The predicted octanol–water partition coefficient (Wildman–Crippen LogP) is 3.25. The van der Waals surface area contributed by atoms with Crippen molar-refractivity contribution in [1.29, 1.82) is 0 Å². The minimum atomic E-state index is -0.0500. The molecule has 1 unspecified atom stereocenters. The van der Waals surface area contributed by atoms with Crippen molar-refractivity contribution >= 4 is 5.91 Å². The van der Waals surface area contributed by atoms with E-state index in [9.17, 15) is 4.79 Å². The second-order valence-corrected chi connectivity index (χ2v) is 6.15. The summed E-state index contributed by atoms with van der Waals surface area (Å²) < 4.78 is 6.80. The summed E-state index contributed by atoms with van der Waals surface area (Å²) in [6, 6.07) is 15.4. The number of aromatic nitrogens is 3. The van der Waals surface area contributed by atoms with E-state index < -0.39 is 0 Å². The van der Waals surface area contributed by atoms with Crippen molar-refractivity contribution in [3.8, 4) is 5.69 Å². The average molecular weight is 350 g/mol. The van der Waals surface area contributed by atoms with Crippen LogP contribution >= 0.6 is 0 Å². The highest BCUT2D eigenvalue weighted by Crippen LogP contribution is 2.22. The second-order valence-electron chi connectivity index (χ2n) is 6.15. The summed E-state index contributed by atoms with van der Waals surface area (Å²) in [5.74, 6) is -0.0122. The van der Waals surface area contributed by atoms with E-state index in [0.29, 0.717) is 12.2 Å². The lowest BCUT2D eigenvalue weighted by molar-refractivity contribution is 0.0742. The number of amides is 1. The first-order chi connectivity index (χ1) is 12.6. The maximum atomic E-state index is 12.8. The van der Waals surface area contributed by atoms with Crippen molar-refractivity contribution in [2.75, 3.05) is 14.2 Å². The third kappa shape index (κ3) is 3.81. The van der Waals surface area contributed by atoms with Gasteiger partial charge in [0.1, 0.15) is 12.7 Å². The first-order valence-corrected chi connectivity index (χ1v) is 8.40. The number of benzene rings is 2. The molecule has 0 aliphatic carbocycles. The number of hydrogen-bond acceptors (Lipinski definition) is 4. The van der Waals surface area contributed by atoms with Crippen molar-refractivity contribution in [2.45, 2.75) is 19.6 Å². The summed E-state index contributed by atoms with van der Waals surface area (Å²) in [5.41, 5.74) is 3.70. The Morgan fingerprint density at radius 2 is 1.85 bits per heavy atom.